The molecule has 1 N–H and O–H groups in total. The summed E-state index contributed by atoms with van der Waals surface area (Å²) >= 11 is 0. The Bertz CT molecular complexity index is 488. The molecule has 0 saturated heterocycles. The van der Waals surface area contributed by atoms with Crippen molar-refractivity contribution in [3.8, 4) is 5.75 Å². The van der Waals surface area contributed by atoms with Gasteiger partial charge in [0.1, 0.15) is 5.75 Å². The number of aliphatic carboxylic acids is 1. The van der Waals surface area contributed by atoms with E-state index in [1.807, 2.05) is 0 Å². The first-order valence-electron chi connectivity index (χ1n) is 6.18. The molecule has 0 aromatic heterocycles. The number of hydrogen-bond donors (Lipinski definition) is 1. The average Bonchev–Trinajstić information content (AvgIpc) is 2.37. The van der Waals surface area contributed by atoms with Crippen LogP contribution in [0, 0.1) is 17.0 Å². The molecular formula is C13H17NO6. The van der Waals surface area contributed by atoms with Gasteiger partial charge in [-0.3, -0.25) is 10.1 Å². The van der Waals surface area contributed by atoms with Crippen LogP contribution in [0.15, 0.2) is 18.2 Å². The lowest BCUT2D eigenvalue weighted by Gasteiger charge is -2.13. The van der Waals surface area contributed by atoms with Crippen LogP contribution in [0.1, 0.15) is 18.9 Å². The molecule has 0 spiro atoms. The molecule has 1 rings (SSSR count). The predicted octanol–water partition coefficient (Wildman–Crippen LogP) is 2.16. The van der Waals surface area contributed by atoms with E-state index in [2.05, 4.69) is 0 Å². The highest BCUT2D eigenvalue weighted by atomic mass is 16.6. The minimum Gasteiger partial charge on any atom is -0.493 e. The molecule has 0 aliphatic carbocycles. The number of carbonyl (C=O) groups is 1. The van der Waals surface area contributed by atoms with Crippen molar-refractivity contribution in [3.05, 3.63) is 33.9 Å². The van der Waals surface area contributed by atoms with E-state index in [1.54, 1.807) is 19.9 Å². The Balaban J connectivity index is 2.55. The van der Waals surface area contributed by atoms with Gasteiger partial charge >= 0.3 is 5.97 Å². The zero-order chi connectivity index (χ0) is 15.1. The molecule has 0 aliphatic heterocycles. The number of carboxylic acid groups (broad SMARTS) is 1. The number of aryl methyl sites for hydroxylation is 1. The Labute approximate surface area is 116 Å². The molecule has 0 saturated carbocycles. The number of nitro groups is 1. The molecule has 0 fully saturated rings. The zero-order valence-electron chi connectivity index (χ0n) is 11.4. The molecule has 0 aliphatic rings. The minimum absolute atomic E-state index is 0.0232. The van der Waals surface area contributed by atoms with E-state index >= 15 is 0 Å². The number of nitrogens with zero attached hydrogens (tertiary/aromatic N) is 1. The largest absolute Gasteiger partial charge is 0.493 e. The standard InChI is InChI=1S/C13H17NO6/c1-3-19-12(13(15)16)6-7-20-10-4-5-11(14(17)18)9(2)8-10/h4-5,8,12H,3,6-7H2,1-2H3,(H,15,16). The molecule has 0 amide bonds. The van der Waals surface area contributed by atoms with Crippen LogP contribution >= 0.6 is 0 Å². The van der Waals surface area contributed by atoms with Gasteiger partial charge in [-0.2, -0.15) is 0 Å². The molecule has 7 heteroatoms. The third kappa shape index (κ3) is 4.51. The lowest BCUT2D eigenvalue weighted by molar-refractivity contribution is -0.385. The highest BCUT2D eigenvalue weighted by molar-refractivity contribution is 5.72. The Hall–Kier alpha value is -2.15. The molecule has 20 heavy (non-hydrogen) atoms. The second kappa shape index (κ2) is 7.44. The number of carboxylic acids is 1. The molecule has 1 aromatic carbocycles. The van der Waals surface area contributed by atoms with Gasteiger partial charge in [0.15, 0.2) is 6.10 Å². The van der Waals surface area contributed by atoms with E-state index in [0.717, 1.165) is 0 Å². The number of benzene rings is 1. The lowest BCUT2D eigenvalue weighted by atomic mass is 10.2. The summed E-state index contributed by atoms with van der Waals surface area (Å²) < 4.78 is 10.4. The van der Waals surface area contributed by atoms with Gasteiger partial charge in [-0.15, -0.1) is 0 Å². The van der Waals surface area contributed by atoms with E-state index in [4.69, 9.17) is 14.6 Å². The summed E-state index contributed by atoms with van der Waals surface area (Å²) in [6, 6.07) is 4.40. The van der Waals surface area contributed by atoms with Crippen molar-refractivity contribution in [2.75, 3.05) is 13.2 Å². The van der Waals surface area contributed by atoms with E-state index in [9.17, 15) is 14.9 Å². The van der Waals surface area contributed by atoms with Gasteiger partial charge in [-0.1, -0.05) is 0 Å². The highest BCUT2D eigenvalue weighted by Crippen LogP contribution is 2.23. The van der Waals surface area contributed by atoms with E-state index < -0.39 is 17.0 Å². The fraction of sp³-hybridized carbons (Fsp3) is 0.462. The van der Waals surface area contributed by atoms with Crippen molar-refractivity contribution >= 4 is 11.7 Å². The van der Waals surface area contributed by atoms with Crippen molar-refractivity contribution < 1.29 is 24.3 Å². The number of hydrogen-bond acceptors (Lipinski definition) is 5. The van der Waals surface area contributed by atoms with E-state index in [-0.39, 0.29) is 18.7 Å². The van der Waals surface area contributed by atoms with Gasteiger partial charge in [-0.25, -0.2) is 4.79 Å². The van der Waals surface area contributed by atoms with E-state index in [0.29, 0.717) is 17.9 Å². The van der Waals surface area contributed by atoms with Crippen LogP contribution in [0.3, 0.4) is 0 Å². The lowest BCUT2D eigenvalue weighted by Crippen LogP contribution is -2.26. The van der Waals surface area contributed by atoms with Crippen LogP contribution < -0.4 is 4.74 Å². The van der Waals surface area contributed by atoms with Crippen LogP contribution in [0.2, 0.25) is 0 Å². The summed E-state index contributed by atoms with van der Waals surface area (Å²) in [5, 5.41) is 19.6. The van der Waals surface area contributed by atoms with Crippen LogP contribution in [0.25, 0.3) is 0 Å². The molecular weight excluding hydrogens is 266 g/mol. The first-order valence-corrected chi connectivity index (χ1v) is 6.18. The van der Waals surface area contributed by atoms with Crippen molar-refractivity contribution in [3.63, 3.8) is 0 Å². The second-order valence-electron chi connectivity index (χ2n) is 4.12. The summed E-state index contributed by atoms with van der Waals surface area (Å²) in [6.45, 7) is 3.81. The SMILES string of the molecule is CCOC(CCOc1ccc([N+](=O)[O-])c(C)c1)C(=O)O. The molecule has 0 heterocycles. The Morgan fingerprint density at radius 3 is 2.70 bits per heavy atom. The van der Waals surface area contributed by atoms with Crippen LogP contribution in [0.5, 0.6) is 5.75 Å². The zero-order valence-corrected chi connectivity index (χ0v) is 11.4. The molecule has 1 unspecified atom stereocenters. The Morgan fingerprint density at radius 1 is 1.50 bits per heavy atom. The maximum atomic E-state index is 10.9. The monoisotopic (exact) mass is 283 g/mol. The van der Waals surface area contributed by atoms with Gasteiger partial charge in [-0.05, 0) is 26.0 Å². The van der Waals surface area contributed by atoms with Crippen LogP contribution in [-0.2, 0) is 9.53 Å². The van der Waals surface area contributed by atoms with Gasteiger partial charge in [0.25, 0.3) is 5.69 Å². The summed E-state index contributed by atoms with van der Waals surface area (Å²) in [5.74, 6) is -0.566. The topological polar surface area (TPSA) is 98.9 Å². The maximum Gasteiger partial charge on any atom is 0.332 e. The summed E-state index contributed by atoms with van der Waals surface area (Å²) in [6.07, 6.45) is -0.696. The number of ether oxygens (including phenoxy) is 2. The fourth-order valence-electron chi connectivity index (χ4n) is 1.69. The summed E-state index contributed by atoms with van der Waals surface area (Å²) in [5.41, 5.74) is 0.516. The molecule has 1 aromatic rings. The van der Waals surface area contributed by atoms with Crippen molar-refractivity contribution in [2.45, 2.75) is 26.4 Å². The Kier molecular flexibility index (Phi) is 5.92. The maximum absolute atomic E-state index is 10.9. The number of nitro benzene ring substituents is 1. The quantitative estimate of drug-likeness (QED) is 0.579. The van der Waals surface area contributed by atoms with Crippen molar-refractivity contribution in [1.29, 1.82) is 0 Å². The first kappa shape index (κ1) is 15.9. The fourth-order valence-corrected chi connectivity index (χ4v) is 1.69. The molecule has 110 valence electrons. The van der Waals surface area contributed by atoms with Gasteiger partial charge in [0, 0.05) is 24.7 Å². The smallest absolute Gasteiger partial charge is 0.332 e. The highest BCUT2D eigenvalue weighted by Gasteiger charge is 2.17. The van der Waals surface area contributed by atoms with Crippen LogP contribution in [0.4, 0.5) is 5.69 Å². The van der Waals surface area contributed by atoms with Crippen LogP contribution in [-0.4, -0.2) is 35.3 Å². The van der Waals surface area contributed by atoms with Gasteiger partial charge < -0.3 is 14.6 Å². The third-order valence-corrected chi connectivity index (χ3v) is 2.66. The molecule has 0 bridgehead atoms. The van der Waals surface area contributed by atoms with Crippen molar-refractivity contribution in [2.24, 2.45) is 0 Å². The molecule has 7 nitrogen and oxygen atoms in total. The predicted molar refractivity (Wildman–Crippen MR) is 71.0 cm³/mol. The second-order valence-corrected chi connectivity index (χ2v) is 4.12. The first-order chi connectivity index (χ1) is 9.45. The van der Waals surface area contributed by atoms with Gasteiger partial charge in [0.2, 0.25) is 0 Å². The molecule has 1 atom stereocenters. The average molecular weight is 283 g/mol. The van der Waals surface area contributed by atoms with Crippen molar-refractivity contribution in [1.82, 2.24) is 0 Å². The third-order valence-electron chi connectivity index (χ3n) is 2.66. The normalized spacial score (nSPS) is 11.9. The minimum atomic E-state index is -1.03. The molecule has 0 radical (unpaired) electrons. The van der Waals surface area contributed by atoms with Gasteiger partial charge in [0.05, 0.1) is 11.5 Å². The summed E-state index contributed by atoms with van der Waals surface area (Å²) in [4.78, 5) is 21.1. The Morgan fingerprint density at radius 2 is 2.20 bits per heavy atom. The summed E-state index contributed by atoms with van der Waals surface area (Å²) in [7, 11) is 0. The number of rotatable bonds is 8. The van der Waals surface area contributed by atoms with E-state index in [1.165, 1.54) is 12.1 Å².